The normalized spacial score (nSPS) is 47.6. The highest BCUT2D eigenvalue weighted by molar-refractivity contribution is 4.86. The van der Waals surface area contributed by atoms with Crippen LogP contribution in [0.4, 0.5) is 0 Å². The molecule has 2 N–H and O–H groups in total. The Morgan fingerprint density at radius 3 is 2.25 bits per heavy atom. The molecule has 2 nitrogen and oxygen atoms in total. The first-order chi connectivity index (χ1) is 3.72. The first-order valence-electron chi connectivity index (χ1n) is 3.14. The highest BCUT2D eigenvalue weighted by Gasteiger charge is 2.26. The Kier molecular flexibility index (Phi) is 1.54. The van der Waals surface area contributed by atoms with Crippen molar-refractivity contribution in [2.75, 3.05) is 6.54 Å². The van der Waals surface area contributed by atoms with Gasteiger partial charge in [-0.2, -0.15) is 0 Å². The van der Waals surface area contributed by atoms with Gasteiger partial charge in [-0.1, -0.05) is 6.92 Å². The second kappa shape index (κ2) is 2.03. The summed E-state index contributed by atoms with van der Waals surface area (Å²) in [6, 6.07) is 0.815. The molecular formula is C6H13N2. The number of nitrogens with zero attached hydrogens (tertiary/aromatic N) is 1. The molecule has 47 valence electrons. The van der Waals surface area contributed by atoms with Crippen LogP contribution in [0.1, 0.15) is 13.8 Å². The molecule has 0 aromatic carbocycles. The summed E-state index contributed by atoms with van der Waals surface area (Å²) in [7, 11) is 0. The topological polar surface area (TPSA) is 40.1 Å². The van der Waals surface area contributed by atoms with Gasteiger partial charge in [0.2, 0.25) is 0 Å². The van der Waals surface area contributed by atoms with E-state index in [1.807, 2.05) is 0 Å². The van der Waals surface area contributed by atoms with Gasteiger partial charge in [-0.3, -0.25) is 0 Å². The molecule has 1 rings (SSSR count). The zero-order valence-electron chi connectivity index (χ0n) is 5.46. The summed E-state index contributed by atoms with van der Waals surface area (Å²) < 4.78 is 0. The van der Waals surface area contributed by atoms with E-state index in [0.717, 1.165) is 6.54 Å². The molecule has 2 heteroatoms. The summed E-state index contributed by atoms with van der Waals surface area (Å²) in [4.78, 5) is 0. The first-order valence-corrected chi connectivity index (χ1v) is 3.14. The molecule has 0 bridgehead atoms. The highest BCUT2D eigenvalue weighted by atomic mass is 15.0. The van der Waals surface area contributed by atoms with Crippen molar-refractivity contribution in [1.82, 2.24) is 5.32 Å². The first kappa shape index (κ1) is 6.05. The maximum absolute atomic E-state index is 5.67. The van der Waals surface area contributed by atoms with E-state index in [4.69, 9.17) is 5.73 Å². The lowest BCUT2D eigenvalue weighted by molar-refractivity contribution is 0.479. The van der Waals surface area contributed by atoms with E-state index in [9.17, 15) is 0 Å². The summed E-state index contributed by atoms with van der Waals surface area (Å²) in [6.07, 6.45) is 0. The largest absolute Gasteiger partial charge is 0.326 e. The van der Waals surface area contributed by atoms with Gasteiger partial charge in [0.1, 0.15) is 0 Å². The fraction of sp³-hybridized carbons (Fsp3) is 1.00. The lowest BCUT2D eigenvalue weighted by Crippen LogP contribution is -2.28. The standard InChI is InChI=1S/C6H13N2/c1-4-5(2)8-3-6(4)7/h4-6H,3,7H2,1-2H3. The molecule has 1 saturated heterocycles. The molecule has 0 aromatic heterocycles. The van der Waals surface area contributed by atoms with Gasteiger partial charge >= 0.3 is 0 Å². The van der Waals surface area contributed by atoms with Crippen LogP contribution in [0.5, 0.6) is 0 Å². The van der Waals surface area contributed by atoms with Crippen molar-refractivity contribution in [3.8, 4) is 0 Å². The average Bonchev–Trinajstić information content (AvgIpc) is 1.98. The Balaban J connectivity index is 2.44. The summed E-state index contributed by atoms with van der Waals surface area (Å²) in [6.45, 7) is 5.14. The molecule has 8 heavy (non-hydrogen) atoms. The molecule has 0 saturated carbocycles. The minimum Gasteiger partial charge on any atom is -0.326 e. The molecule has 1 radical (unpaired) electrons. The third-order valence-corrected chi connectivity index (χ3v) is 2.04. The summed E-state index contributed by atoms with van der Waals surface area (Å²) in [5, 5.41) is 4.27. The molecule has 1 aliphatic heterocycles. The maximum atomic E-state index is 5.67. The van der Waals surface area contributed by atoms with Crippen molar-refractivity contribution in [3.05, 3.63) is 0 Å². The van der Waals surface area contributed by atoms with Crippen LogP contribution < -0.4 is 11.1 Å². The number of hydrogen-bond donors (Lipinski definition) is 1. The van der Waals surface area contributed by atoms with Crippen molar-refractivity contribution < 1.29 is 0 Å². The zero-order chi connectivity index (χ0) is 6.15. The quantitative estimate of drug-likeness (QED) is 0.470. The van der Waals surface area contributed by atoms with E-state index in [-0.39, 0.29) is 0 Å². The van der Waals surface area contributed by atoms with Crippen LogP contribution in [0.15, 0.2) is 0 Å². The van der Waals surface area contributed by atoms with Crippen LogP contribution in [0, 0.1) is 5.92 Å². The predicted molar refractivity (Wildman–Crippen MR) is 33.6 cm³/mol. The average molecular weight is 113 g/mol. The number of hydrogen-bond acceptors (Lipinski definition) is 1. The van der Waals surface area contributed by atoms with E-state index in [1.165, 1.54) is 0 Å². The van der Waals surface area contributed by atoms with Gasteiger partial charge in [0.15, 0.2) is 0 Å². The zero-order valence-corrected chi connectivity index (χ0v) is 5.46. The smallest absolute Gasteiger partial charge is 0.0291 e. The molecule has 0 aliphatic carbocycles. The monoisotopic (exact) mass is 113 g/mol. The highest BCUT2D eigenvalue weighted by Crippen LogP contribution is 2.13. The molecule has 1 aliphatic rings. The molecule has 1 heterocycles. The van der Waals surface area contributed by atoms with Gasteiger partial charge in [-0.25, -0.2) is 5.32 Å². The SMILES string of the molecule is CC1[N]CC(N)C1C. The molecule has 3 atom stereocenters. The van der Waals surface area contributed by atoms with Gasteiger partial charge in [0.05, 0.1) is 0 Å². The van der Waals surface area contributed by atoms with Crippen molar-refractivity contribution in [2.24, 2.45) is 11.7 Å². The molecule has 0 aromatic rings. The van der Waals surface area contributed by atoms with E-state index in [1.54, 1.807) is 0 Å². The second-order valence-corrected chi connectivity index (χ2v) is 2.63. The fourth-order valence-corrected chi connectivity index (χ4v) is 0.978. The third kappa shape index (κ3) is 0.858. The van der Waals surface area contributed by atoms with Crippen LogP contribution in [0.3, 0.4) is 0 Å². The Labute approximate surface area is 50.4 Å². The van der Waals surface area contributed by atoms with Crippen LogP contribution in [0.25, 0.3) is 0 Å². The summed E-state index contributed by atoms with van der Waals surface area (Å²) >= 11 is 0. The molecular weight excluding hydrogens is 100 g/mol. The van der Waals surface area contributed by atoms with Gasteiger partial charge in [-0.15, -0.1) is 0 Å². The van der Waals surface area contributed by atoms with E-state index in [0.29, 0.717) is 18.0 Å². The molecule has 1 fully saturated rings. The molecule has 3 unspecified atom stereocenters. The van der Waals surface area contributed by atoms with E-state index in [2.05, 4.69) is 19.2 Å². The fourth-order valence-electron chi connectivity index (χ4n) is 0.978. The van der Waals surface area contributed by atoms with Gasteiger partial charge in [0, 0.05) is 18.6 Å². The van der Waals surface area contributed by atoms with Crippen LogP contribution in [-0.2, 0) is 0 Å². The van der Waals surface area contributed by atoms with Gasteiger partial charge in [-0.05, 0) is 12.8 Å². The Hall–Kier alpha value is -0.0800. The number of rotatable bonds is 0. The third-order valence-electron chi connectivity index (χ3n) is 2.04. The Bertz CT molecular complexity index is 72.6. The molecule has 0 spiro atoms. The Morgan fingerprint density at radius 1 is 1.50 bits per heavy atom. The lowest BCUT2D eigenvalue weighted by Gasteiger charge is -2.09. The lowest BCUT2D eigenvalue weighted by atomic mass is 10.0. The summed E-state index contributed by atoms with van der Waals surface area (Å²) in [5.74, 6) is 0.593. The number of nitrogens with two attached hydrogens (primary N) is 1. The van der Waals surface area contributed by atoms with Gasteiger partial charge in [0.25, 0.3) is 0 Å². The molecule has 0 amide bonds. The predicted octanol–water partition coefficient (Wildman–Crippen LogP) is -0.0437. The van der Waals surface area contributed by atoms with Crippen molar-refractivity contribution in [3.63, 3.8) is 0 Å². The van der Waals surface area contributed by atoms with E-state index < -0.39 is 0 Å². The van der Waals surface area contributed by atoms with Crippen molar-refractivity contribution in [1.29, 1.82) is 0 Å². The van der Waals surface area contributed by atoms with Crippen LogP contribution >= 0.6 is 0 Å². The second-order valence-electron chi connectivity index (χ2n) is 2.63. The van der Waals surface area contributed by atoms with Crippen molar-refractivity contribution in [2.45, 2.75) is 25.9 Å². The maximum Gasteiger partial charge on any atom is 0.0291 e. The van der Waals surface area contributed by atoms with Crippen LogP contribution in [-0.4, -0.2) is 18.6 Å². The minimum absolute atomic E-state index is 0.324. The summed E-state index contributed by atoms with van der Waals surface area (Å²) in [5.41, 5.74) is 5.67. The Morgan fingerprint density at radius 2 is 2.12 bits per heavy atom. The van der Waals surface area contributed by atoms with Crippen molar-refractivity contribution >= 4 is 0 Å². The minimum atomic E-state index is 0.324. The van der Waals surface area contributed by atoms with Gasteiger partial charge < -0.3 is 5.73 Å². The van der Waals surface area contributed by atoms with Crippen LogP contribution in [0.2, 0.25) is 0 Å². The van der Waals surface area contributed by atoms with E-state index >= 15 is 0 Å².